The number of carbonyl (C=O) groups excluding carboxylic acids is 3. The van der Waals surface area contributed by atoms with Gasteiger partial charge in [-0.15, -0.1) is 0 Å². The molecule has 174 valence electrons. The normalized spacial score (nSPS) is 18.3. The van der Waals surface area contributed by atoms with E-state index in [2.05, 4.69) is 10.6 Å². The second-order valence-corrected chi connectivity index (χ2v) is 7.71. The number of carboxylic acid groups (broad SMARTS) is 2. The molecule has 0 radical (unpaired) electrons. The van der Waals surface area contributed by atoms with Crippen LogP contribution in [0, 0.1) is 0 Å². The molecule has 32 heavy (non-hydrogen) atoms. The molecule has 4 atom stereocenters. The second kappa shape index (κ2) is 11.2. The Labute approximate surface area is 184 Å². The molecular formula is C21H28N4O7. The Morgan fingerprint density at radius 1 is 1.12 bits per heavy atom. The van der Waals surface area contributed by atoms with Crippen molar-refractivity contribution in [2.24, 2.45) is 5.73 Å². The number of rotatable bonds is 10. The second-order valence-electron chi connectivity index (χ2n) is 7.71. The number of nitrogens with two attached hydrogens (primary N) is 1. The van der Waals surface area contributed by atoms with E-state index >= 15 is 0 Å². The van der Waals surface area contributed by atoms with Gasteiger partial charge in [-0.3, -0.25) is 19.2 Å². The number of carbonyl (C=O) groups is 5. The Hall–Kier alpha value is -3.47. The Morgan fingerprint density at radius 2 is 1.78 bits per heavy atom. The summed E-state index contributed by atoms with van der Waals surface area (Å²) in [5, 5.41) is 23.1. The molecule has 2 rings (SSSR count). The van der Waals surface area contributed by atoms with E-state index in [9.17, 15) is 29.1 Å². The van der Waals surface area contributed by atoms with Crippen molar-refractivity contribution in [3.8, 4) is 0 Å². The van der Waals surface area contributed by atoms with Crippen molar-refractivity contribution in [2.75, 3.05) is 6.54 Å². The number of aliphatic carboxylic acids is 2. The SMILES string of the molecule is CC(NC(=O)C(N)CC(=O)O)C(=O)N1CCCC1C(=O)NC(Cc1ccccc1)C(=O)O. The maximum absolute atomic E-state index is 12.8. The smallest absolute Gasteiger partial charge is 0.326 e. The zero-order chi connectivity index (χ0) is 23.8. The fourth-order valence-corrected chi connectivity index (χ4v) is 3.53. The van der Waals surface area contributed by atoms with Gasteiger partial charge in [-0.05, 0) is 25.3 Å². The van der Waals surface area contributed by atoms with Gasteiger partial charge >= 0.3 is 11.9 Å². The summed E-state index contributed by atoms with van der Waals surface area (Å²) in [7, 11) is 0. The molecule has 1 aromatic rings. The number of amides is 3. The van der Waals surface area contributed by atoms with Gasteiger partial charge in [0.1, 0.15) is 18.1 Å². The third kappa shape index (κ3) is 6.77. The Balaban J connectivity index is 2.00. The first-order valence-corrected chi connectivity index (χ1v) is 10.3. The molecular weight excluding hydrogens is 420 g/mol. The number of carboxylic acids is 2. The highest BCUT2D eigenvalue weighted by molar-refractivity contribution is 5.95. The number of likely N-dealkylation sites (tertiary alicyclic amines) is 1. The highest BCUT2D eigenvalue weighted by Crippen LogP contribution is 2.19. The summed E-state index contributed by atoms with van der Waals surface area (Å²) in [6, 6.07) is 4.48. The van der Waals surface area contributed by atoms with E-state index in [-0.39, 0.29) is 13.0 Å². The monoisotopic (exact) mass is 448 g/mol. The maximum Gasteiger partial charge on any atom is 0.326 e. The van der Waals surface area contributed by atoms with Gasteiger partial charge < -0.3 is 31.5 Å². The predicted octanol–water partition coefficient (Wildman–Crippen LogP) is -0.904. The Bertz CT molecular complexity index is 861. The van der Waals surface area contributed by atoms with Crippen LogP contribution in [-0.4, -0.2) is 75.5 Å². The molecule has 1 aromatic carbocycles. The number of benzene rings is 1. The third-order valence-corrected chi connectivity index (χ3v) is 5.20. The van der Waals surface area contributed by atoms with Crippen molar-refractivity contribution < 1.29 is 34.2 Å². The average Bonchev–Trinajstić information content (AvgIpc) is 3.22. The lowest BCUT2D eigenvalue weighted by molar-refractivity contribution is -0.144. The van der Waals surface area contributed by atoms with E-state index in [1.807, 2.05) is 0 Å². The van der Waals surface area contributed by atoms with Gasteiger partial charge in [0.25, 0.3) is 0 Å². The Kier molecular flexibility index (Phi) is 8.71. The molecule has 4 unspecified atom stereocenters. The zero-order valence-electron chi connectivity index (χ0n) is 17.7. The summed E-state index contributed by atoms with van der Waals surface area (Å²) in [5.41, 5.74) is 6.25. The molecule has 0 spiro atoms. The van der Waals surface area contributed by atoms with Crippen LogP contribution < -0.4 is 16.4 Å². The summed E-state index contributed by atoms with van der Waals surface area (Å²) in [6.45, 7) is 1.69. The highest BCUT2D eigenvalue weighted by atomic mass is 16.4. The van der Waals surface area contributed by atoms with Gasteiger partial charge in [-0.2, -0.15) is 0 Å². The molecule has 0 saturated carbocycles. The van der Waals surface area contributed by atoms with Crippen LogP contribution in [0.25, 0.3) is 0 Å². The molecule has 0 aliphatic carbocycles. The van der Waals surface area contributed by atoms with Crippen LogP contribution in [0.5, 0.6) is 0 Å². The van der Waals surface area contributed by atoms with Crippen LogP contribution >= 0.6 is 0 Å². The maximum atomic E-state index is 12.8. The van der Waals surface area contributed by atoms with E-state index in [0.29, 0.717) is 12.8 Å². The first kappa shape index (κ1) is 24.8. The van der Waals surface area contributed by atoms with Gasteiger partial charge in [-0.1, -0.05) is 30.3 Å². The molecule has 0 bridgehead atoms. The van der Waals surface area contributed by atoms with E-state index in [4.69, 9.17) is 10.8 Å². The van der Waals surface area contributed by atoms with Crippen LogP contribution in [0.3, 0.4) is 0 Å². The van der Waals surface area contributed by atoms with Crippen LogP contribution in [0.15, 0.2) is 30.3 Å². The fraction of sp³-hybridized carbons (Fsp3) is 0.476. The molecule has 11 heteroatoms. The molecule has 1 aliphatic rings. The van der Waals surface area contributed by atoms with Crippen molar-refractivity contribution >= 4 is 29.7 Å². The number of nitrogens with zero attached hydrogens (tertiary/aromatic N) is 1. The quantitative estimate of drug-likeness (QED) is 0.305. The fourth-order valence-electron chi connectivity index (χ4n) is 3.53. The largest absolute Gasteiger partial charge is 0.481 e. The lowest BCUT2D eigenvalue weighted by Gasteiger charge is -2.28. The lowest BCUT2D eigenvalue weighted by atomic mass is 10.1. The molecule has 11 nitrogen and oxygen atoms in total. The number of hydrogen-bond donors (Lipinski definition) is 5. The first-order valence-electron chi connectivity index (χ1n) is 10.3. The minimum atomic E-state index is -1.31. The molecule has 3 amide bonds. The Morgan fingerprint density at radius 3 is 2.38 bits per heavy atom. The zero-order valence-corrected chi connectivity index (χ0v) is 17.7. The topological polar surface area (TPSA) is 179 Å². The minimum absolute atomic E-state index is 0.0938. The van der Waals surface area contributed by atoms with Crippen molar-refractivity contribution in [3.63, 3.8) is 0 Å². The molecule has 6 N–H and O–H groups in total. The molecule has 1 saturated heterocycles. The highest BCUT2D eigenvalue weighted by Gasteiger charge is 2.38. The van der Waals surface area contributed by atoms with Gasteiger partial charge in [0.2, 0.25) is 17.7 Å². The lowest BCUT2D eigenvalue weighted by Crippen LogP contribution is -2.56. The number of nitrogens with one attached hydrogen (secondary N) is 2. The number of hydrogen-bond acceptors (Lipinski definition) is 6. The summed E-state index contributed by atoms with van der Waals surface area (Å²) in [5.74, 6) is -4.34. The van der Waals surface area contributed by atoms with Gasteiger partial charge in [0.05, 0.1) is 12.5 Å². The van der Waals surface area contributed by atoms with Gasteiger partial charge in [-0.25, -0.2) is 4.79 Å². The summed E-state index contributed by atoms with van der Waals surface area (Å²) < 4.78 is 0. The van der Waals surface area contributed by atoms with Crippen molar-refractivity contribution in [2.45, 2.75) is 56.8 Å². The average molecular weight is 448 g/mol. The van der Waals surface area contributed by atoms with Crippen molar-refractivity contribution in [1.29, 1.82) is 0 Å². The van der Waals surface area contributed by atoms with Crippen LogP contribution in [0.2, 0.25) is 0 Å². The van der Waals surface area contributed by atoms with Crippen LogP contribution in [0.1, 0.15) is 31.7 Å². The predicted molar refractivity (Wildman–Crippen MR) is 112 cm³/mol. The van der Waals surface area contributed by atoms with E-state index < -0.39 is 60.2 Å². The molecule has 1 heterocycles. The minimum Gasteiger partial charge on any atom is -0.481 e. The van der Waals surface area contributed by atoms with Gasteiger partial charge in [0, 0.05) is 13.0 Å². The van der Waals surface area contributed by atoms with Crippen molar-refractivity contribution in [1.82, 2.24) is 15.5 Å². The van der Waals surface area contributed by atoms with E-state index in [1.165, 1.54) is 11.8 Å². The molecule has 1 aliphatic heterocycles. The van der Waals surface area contributed by atoms with Crippen molar-refractivity contribution in [3.05, 3.63) is 35.9 Å². The van der Waals surface area contributed by atoms with E-state index in [1.54, 1.807) is 30.3 Å². The summed E-state index contributed by atoms with van der Waals surface area (Å²) in [6.07, 6.45) is 0.407. The van der Waals surface area contributed by atoms with Crippen LogP contribution in [0.4, 0.5) is 0 Å². The molecule has 0 aromatic heterocycles. The van der Waals surface area contributed by atoms with Gasteiger partial charge in [0.15, 0.2) is 0 Å². The van der Waals surface area contributed by atoms with E-state index in [0.717, 1.165) is 5.56 Å². The first-order chi connectivity index (χ1) is 15.1. The third-order valence-electron chi connectivity index (χ3n) is 5.20. The summed E-state index contributed by atoms with van der Waals surface area (Å²) in [4.78, 5) is 61.2. The molecule has 1 fully saturated rings. The standard InChI is InChI=1S/C21H28N4O7/c1-12(23-18(28)14(22)11-17(26)27)20(30)25-9-5-8-16(25)19(29)24-15(21(31)32)10-13-6-3-2-4-7-13/h2-4,6-7,12,14-16H,5,8-11,22H2,1H3,(H,23,28)(H,24,29)(H,26,27)(H,31,32). The summed E-state index contributed by atoms with van der Waals surface area (Å²) >= 11 is 0. The van der Waals surface area contributed by atoms with Crippen LogP contribution in [-0.2, 0) is 30.4 Å².